The minimum absolute atomic E-state index is 0.122. The molecule has 0 spiro atoms. The van der Waals surface area contributed by atoms with Crippen LogP contribution in [0.1, 0.15) is 20.8 Å². The highest BCUT2D eigenvalue weighted by molar-refractivity contribution is 6.74. The van der Waals surface area contributed by atoms with E-state index in [-0.39, 0.29) is 5.04 Å². The zero-order chi connectivity index (χ0) is 26.6. The largest absolute Gasteiger partial charge is 0.497 e. The van der Waals surface area contributed by atoms with Crippen LogP contribution in [0.5, 0.6) is 11.5 Å². The number of anilines is 2. The highest BCUT2D eigenvalue weighted by Gasteiger charge is 2.37. The normalized spacial score (nSPS) is 12.0. The minimum atomic E-state index is -1.92. The SMILES string of the molecule is COc1cc(OC)cc(N(CCO[Si](C)(C)C(C)(C)C)c2ccc3ncc(-c4ccncc4)nc3n2)c1. The zero-order valence-electron chi connectivity index (χ0n) is 22.6. The van der Waals surface area contributed by atoms with Crippen molar-refractivity contribution in [3.8, 4) is 22.8 Å². The van der Waals surface area contributed by atoms with Gasteiger partial charge in [0.2, 0.25) is 0 Å². The number of aromatic nitrogens is 4. The van der Waals surface area contributed by atoms with E-state index in [0.717, 1.165) is 28.3 Å². The number of fused-ring (bicyclic) bond motifs is 1. The molecule has 0 aliphatic heterocycles. The minimum Gasteiger partial charge on any atom is -0.497 e. The molecule has 0 aliphatic rings. The second kappa shape index (κ2) is 10.8. The fourth-order valence-electron chi connectivity index (χ4n) is 3.63. The maximum absolute atomic E-state index is 6.52. The van der Waals surface area contributed by atoms with Crippen molar-refractivity contribution in [2.45, 2.75) is 38.9 Å². The molecule has 9 heteroatoms. The number of benzene rings is 1. The van der Waals surface area contributed by atoms with Crippen molar-refractivity contribution >= 4 is 31.0 Å². The maximum atomic E-state index is 6.52. The quantitative estimate of drug-likeness (QED) is 0.241. The molecular weight excluding hydrogens is 482 g/mol. The summed E-state index contributed by atoms with van der Waals surface area (Å²) in [7, 11) is 1.37. The summed E-state index contributed by atoms with van der Waals surface area (Å²) in [4.78, 5) is 20.5. The lowest BCUT2D eigenvalue weighted by atomic mass is 10.2. The van der Waals surface area contributed by atoms with Crippen molar-refractivity contribution in [3.05, 3.63) is 61.1 Å². The molecule has 3 aromatic heterocycles. The first-order valence-corrected chi connectivity index (χ1v) is 15.2. The molecule has 0 saturated carbocycles. The first-order chi connectivity index (χ1) is 17.6. The van der Waals surface area contributed by atoms with Crippen LogP contribution in [-0.2, 0) is 4.43 Å². The Labute approximate surface area is 219 Å². The lowest BCUT2D eigenvalue weighted by molar-refractivity contribution is 0.297. The number of pyridine rings is 2. The monoisotopic (exact) mass is 517 g/mol. The van der Waals surface area contributed by atoms with Crippen LogP contribution in [0.15, 0.2) is 61.1 Å². The fraction of sp³-hybridized carbons (Fsp3) is 0.357. The Morgan fingerprint density at radius 1 is 0.892 bits per heavy atom. The number of methoxy groups -OCH3 is 2. The summed E-state index contributed by atoms with van der Waals surface area (Å²) in [6.07, 6.45) is 5.24. The molecule has 4 aromatic rings. The molecule has 0 amide bonds. The second-order valence-electron chi connectivity index (χ2n) is 10.3. The standard InChI is InChI=1S/C28H35N5O3Si/c1-28(2,3)37(6,7)36-15-14-33(21-16-22(34-4)18-23(17-21)35-5)26-9-8-24-27(32-26)31-25(19-30-24)20-10-12-29-13-11-20/h8-13,16-19H,14-15H2,1-7H3. The lowest BCUT2D eigenvalue weighted by Gasteiger charge is -2.37. The Kier molecular flexibility index (Phi) is 7.75. The number of rotatable bonds is 9. The number of nitrogens with zero attached hydrogens (tertiary/aromatic N) is 5. The molecule has 37 heavy (non-hydrogen) atoms. The van der Waals surface area contributed by atoms with Crippen molar-refractivity contribution in [2.75, 3.05) is 32.3 Å². The Hall–Kier alpha value is -3.56. The van der Waals surface area contributed by atoms with Crippen LogP contribution in [-0.4, -0.2) is 55.6 Å². The van der Waals surface area contributed by atoms with Gasteiger partial charge in [-0.25, -0.2) is 9.97 Å². The summed E-state index contributed by atoms with van der Waals surface area (Å²) in [5.41, 5.74) is 3.86. The molecule has 0 unspecified atom stereocenters. The molecule has 3 heterocycles. The third kappa shape index (κ3) is 6.06. The van der Waals surface area contributed by atoms with Crippen LogP contribution >= 0.6 is 0 Å². The van der Waals surface area contributed by atoms with Gasteiger partial charge in [0, 0.05) is 48.4 Å². The number of ether oxygens (including phenoxy) is 2. The van der Waals surface area contributed by atoms with E-state index < -0.39 is 8.32 Å². The topological polar surface area (TPSA) is 82.5 Å². The van der Waals surface area contributed by atoms with E-state index in [1.54, 1.807) is 32.8 Å². The molecule has 0 bridgehead atoms. The Morgan fingerprint density at radius 2 is 1.57 bits per heavy atom. The number of hydrogen-bond acceptors (Lipinski definition) is 8. The van der Waals surface area contributed by atoms with Crippen LogP contribution < -0.4 is 14.4 Å². The maximum Gasteiger partial charge on any atom is 0.192 e. The number of hydrogen-bond donors (Lipinski definition) is 0. The van der Waals surface area contributed by atoms with E-state index in [0.29, 0.717) is 30.3 Å². The molecule has 8 nitrogen and oxygen atoms in total. The molecule has 0 radical (unpaired) electrons. The van der Waals surface area contributed by atoms with Crippen LogP contribution in [0, 0.1) is 0 Å². The van der Waals surface area contributed by atoms with E-state index in [2.05, 4.69) is 48.7 Å². The second-order valence-corrected chi connectivity index (χ2v) is 15.1. The van der Waals surface area contributed by atoms with Crippen LogP contribution in [0.4, 0.5) is 11.5 Å². The fourth-order valence-corrected chi connectivity index (χ4v) is 4.67. The highest BCUT2D eigenvalue weighted by atomic mass is 28.4. The highest BCUT2D eigenvalue weighted by Crippen LogP contribution is 2.37. The smallest absolute Gasteiger partial charge is 0.192 e. The van der Waals surface area contributed by atoms with E-state index in [1.807, 2.05) is 42.5 Å². The molecule has 0 fully saturated rings. The molecule has 0 aliphatic carbocycles. The van der Waals surface area contributed by atoms with Gasteiger partial charge in [-0.2, -0.15) is 0 Å². The van der Waals surface area contributed by atoms with Crippen LogP contribution in [0.3, 0.4) is 0 Å². The van der Waals surface area contributed by atoms with Crippen molar-refractivity contribution in [1.29, 1.82) is 0 Å². The average Bonchev–Trinajstić information content (AvgIpc) is 2.90. The summed E-state index contributed by atoms with van der Waals surface area (Å²) < 4.78 is 17.6. The van der Waals surface area contributed by atoms with Gasteiger partial charge in [0.25, 0.3) is 0 Å². The summed E-state index contributed by atoms with van der Waals surface area (Å²) in [5, 5.41) is 0.122. The van der Waals surface area contributed by atoms with E-state index in [9.17, 15) is 0 Å². The van der Waals surface area contributed by atoms with Crippen molar-refractivity contribution in [3.63, 3.8) is 0 Å². The third-order valence-corrected chi connectivity index (χ3v) is 11.4. The Balaban J connectivity index is 1.74. The lowest BCUT2D eigenvalue weighted by Crippen LogP contribution is -2.42. The summed E-state index contributed by atoms with van der Waals surface area (Å²) in [6, 6.07) is 13.5. The molecule has 4 rings (SSSR count). The predicted molar refractivity (Wildman–Crippen MR) is 150 cm³/mol. The predicted octanol–water partition coefficient (Wildman–Crippen LogP) is 6.26. The third-order valence-electron chi connectivity index (χ3n) is 6.88. The van der Waals surface area contributed by atoms with Gasteiger partial charge in [-0.05, 0) is 42.4 Å². The first-order valence-electron chi connectivity index (χ1n) is 12.3. The van der Waals surface area contributed by atoms with E-state index >= 15 is 0 Å². The van der Waals surface area contributed by atoms with Crippen LogP contribution in [0.2, 0.25) is 18.1 Å². The van der Waals surface area contributed by atoms with Gasteiger partial charge >= 0.3 is 0 Å². The zero-order valence-corrected chi connectivity index (χ0v) is 23.6. The van der Waals surface area contributed by atoms with Gasteiger partial charge in [0.05, 0.1) is 32.7 Å². The molecule has 0 atom stereocenters. The van der Waals surface area contributed by atoms with Gasteiger partial charge in [-0.3, -0.25) is 9.97 Å². The van der Waals surface area contributed by atoms with E-state index in [1.165, 1.54) is 0 Å². The average molecular weight is 518 g/mol. The Morgan fingerprint density at radius 3 is 2.19 bits per heavy atom. The Bertz CT molecular complexity index is 1340. The summed E-state index contributed by atoms with van der Waals surface area (Å²) in [5.74, 6) is 2.14. The molecule has 0 N–H and O–H groups in total. The van der Waals surface area contributed by atoms with Gasteiger partial charge < -0.3 is 18.8 Å². The van der Waals surface area contributed by atoms with Gasteiger partial charge in [0.15, 0.2) is 14.0 Å². The van der Waals surface area contributed by atoms with Gasteiger partial charge in [0.1, 0.15) is 22.8 Å². The molecule has 0 saturated heterocycles. The summed E-state index contributed by atoms with van der Waals surface area (Å²) >= 11 is 0. The van der Waals surface area contributed by atoms with Crippen LogP contribution in [0.25, 0.3) is 22.4 Å². The van der Waals surface area contributed by atoms with E-state index in [4.69, 9.17) is 23.9 Å². The molecular formula is C28H35N5O3Si. The van der Waals surface area contributed by atoms with Crippen molar-refractivity contribution in [1.82, 2.24) is 19.9 Å². The van der Waals surface area contributed by atoms with Crippen molar-refractivity contribution < 1.29 is 13.9 Å². The van der Waals surface area contributed by atoms with Gasteiger partial charge in [-0.15, -0.1) is 0 Å². The summed E-state index contributed by atoms with van der Waals surface area (Å²) in [6.45, 7) is 12.4. The van der Waals surface area contributed by atoms with Gasteiger partial charge in [-0.1, -0.05) is 20.8 Å². The molecule has 194 valence electrons. The van der Waals surface area contributed by atoms with Crippen molar-refractivity contribution in [2.24, 2.45) is 0 Å². The first kappa shape index (κ1) is 26.5. The molecule has 1 aromatic carbocycles.